The van der Waals surface area contributed by atoms with Gasteiger partial charge in [0.25, 0.3) is 0 Å². The lowest BCUT2D eigenvalue weighted by Gasteiger charge is -2.04. The van der Waals surface area contributed by atoms with Crippen LogP contribution in [-0.4, -0.2) is 4.98 Å². The lowest BCUT2D eigenvalue weighted by Crippen LogP contribution is -1.88. The molecule has 1 aromatic heterocycles. The van der Waals surface area contributed by atoms with E-state index in [-0.39, 0.29) is 0 Å². The molecule has 0 spiro atoms. The summed E-state index contributed by atoms with van der Waals surface area (Å²) in [7, 11) is 0. The summed E-state index contributed by atoms with van der Waals surface area (Å²) < 4.78 is 5.55. The topological polar surface area (TPSA) is 45.9 Å². The van der Waals surface area contributed by atoms with Crippen molar-refractivity contribution in [2.45, 2.75) is 0 Å². The van der Waals surface area contributed by atoms with E-state index in [1.54, 1.807) is 18.3 Å². The van der Waals surface area contributed by atoms with Gasteiger partial charge in [-0.3, -0.25) is 4.98 Å². The van der Waals surface area contributed by atoms with Gasteiger partial charge in [0, 0.05) is 0 Å². The van der Waals surface area contributed by atoms with E-state index < -0.39 is 0 Å². The molecule has 2 rings (SSSR count). The van der Waals surface area contributed by atoms with Crippen LogP contribution in [0.4, 0.5) is 0 Å². The number of nitriles is 1. The molecule has 2 aromatic rings. The molecule has 3 heteroatoms. The molecule has 1 radical (unpaired) electrons. The zero-order valence-electron chi connectivity index (χ0n) is 8.50. The number of pyridine rings is 1. The van der Waals surface area contributed by atoms with Crippen molar-refractivity contribution in [3.63, 3.8) is 0 Å². The average molecular weight is 209 g/mol. The SMILES string of the molecule is N#C[CH]c1ccc(Oc2ccccc2)cn1. The first-order chi connectivity index (χ1) is 7.88. The number of hydrogen-bond acceptors (Lipinski definition) is 3. The Hall–Kier alpha value is -2.34. The third kappa shape index (κ3) is 2.58. The van der Waals surface area contributed by atoms with Gasteiger partial charge in [0.1, 0.15) is 17.9 Å². The van der Waals surface area contributed by atoms with Crippen molar-refractivity contribution in [2.75, 3.05) is 0 Å². The van der Waals surface area contributed by atoms with E-state index in [0.29, 0.717) is 11.4 Å². The number of nitrogens with zero attached hydrogens (tertiary/aromatic N) is 2. The smallest absolute Gasteiger partial charge is 0.145 e. The molecule has 0 aliphatic rings. The van der Waals surface area contributed by atoms with Crippen LogP contribution in [-0.2, 0) is 0 Å². The summed E-state index contributed by atoms with van der Waals surface area (Å²) in [6.07, 6.45) is 2.97. The van der Waals surface area contributed by atoms with Crippen molar-refractivity contribution in [1.29, 1.82) is 5.26 Å². The van der Waals surface area contributed by atoms with E-state index in [4.69, 9.17) is 10.00 Å². The number of rotatable bonds is 3. The molecule has 0 atom stereocenters. The van der Waals surface area contributed by atoms with E-state index in [9.17, 15) is 0 Å². The molecule has 0 saturated heterocycles. The van der Waals surface area contributed by atoms with E-state index in [1.165, 1.54) is 6.42 Å². The quantitative estimate of drug-likeness (QED) is 0.780. The monoisotopic (exact) mass is 209 g/mol. The molecule has 3 nitrogen and oxygen atoms in total. The highest BCUT2D eigenvalue weighted by atomic mass is 16.5. The Bertz CT molecular complexity index is 486. The average Bonchev–Trinajstić information content (AvgIpc) is 2.33. The van der Waals surface area contributed by atoms with Crippen molar-refractivity contribution in [1.82, 2.24) is 4.98 Å². The third-order valence-corrected chi connectivity index (χ3v) is 1.95. The number of hydrogen-bond donors (Lipinski definition) is 0. The Morgan fingerprint density at radius 2 is 1.88 bits per heavy atom. The predicted molar refractivity (Wildman–Crippen MR) is 59.8 cm³/mol. The van der Waals surface area contributed by atoms with Crippen molar-refractivity contribution in [3.05, 3.63) is 60.8 Å². The summed E-state index contributed by atoms with van der Waals surface area (Å²) in [4.78, 5) is 4.06. The molecule has 0 unspecified atom stereocenters. The van der Waals surface area contributed by atoms with Crippen LogP contribution in [0.1, 0.15) is 5.69 Å². The summed E-state index contributed by atoms with van der Waals surface area (Å²) in [6.45, 7) is 0. The molecular formula is C13H9N2O. The molecule has 0 aliphatic carbocycles. The van der Waals surface area contributed by atoms with Gasteiger partial charge in [0.15, 0.2) is 0 Å². The molecule has 0 N–H and O–H groups in total. The molecule has 0 saturated carbocycles. The maximum absolute atomic E-state index is 8.45. The lowest BCUT2D eigenvalue weighted by molar-refractivity contribution is 0.480. The Morgan fingerprint density at radius 1 is 1.06 bits per heavy atom. The fraction of sp³-hybridized carbons (Fsp3) is 0. The summed E-state index contributed by atoms with van der Waals surface area (Å²) in [5, 5.41) is 8.45. The maximum atomic E-state index is 8.45. The molecule has 0 fully saturated rings. The standard InChI is InChI=1S/C13H9N2O/c14-9-8-11-6-7-13(10-15-11)16-12-4-2-1-3-5-12/h1-8,10H. The van der Waals surface area contributed by atoms with Gasteiger partial charge in [0.2, 0.25) is 0 Å². The van der Waals surface area contributed by atoms with Crippen LogP contribution >= 0.6 is 0 Å². The molecule has 0 bridgehead atoms. The van der Waals surface area contributed by atoms with E-state index in [0.717, 1.165) is 5.75 Å². The van der Waals surface area contributed by atoms with E-state index in [1.807, 2.05) is 36.4 Å². The number of ether oxygens (including phenoxy) is 1. The summed E-state index contributed by atoms with van der Waals surface area (Å²) in [5.74, 6) is 1.42. The Balaban J connectivity index is 2.09. The molecule has 1 aromatic carbocycles. The summed E-state index contributed by atoms with van der Waals surface area (Å²) >= 11 is 0. The highest BCUT2D eigenvalue weighted by Gasteiger charge is 1.98. The van der Waals surface area contributed by atoms with Crippen molar-refractivity contribution < 1.29 is 4.74 Å². The van der Waals surface area contributed by atoms with Crippen LogP contribution in [0.15, 0.2) is 48.7 Å². The Kier molecular flexibility index (Phi) is 3.15. The molecule has 0 amide bonds. The van der Waals surface area contributed by atoms with Gasteiger partial charge in [-0.05, 0) is 24.3 Å². The fourth-order valence-electron chi connectivity index (χ4n) is 1.23. The Labute approximate surface area is 93.9 Å². The summed E-state index contributed by atoms with van der Waals surface area (Å²) in [6, 6.07) is 14.9. The number of aromatic nitrogens is 1. The number of para-hydroxylation sites is 1. The third-order valence-electron chi connectivity index (χ3n) is 1.95. The second-order valence-electron chi connectivity index (χ2n) is 3.11. The summed E-state index contributed by atoms with van der Waals surface area (Å²) in [5.41, 5.74) is 0.628. The first kappa shape index (κ1) is 10.2. The second-order valence-corrected chi connectivity index (χ2v) is 3.11. The minimum atomic E-state index is 0.628. The Morgan fingerprint density at radius 3 is 2.50 bits per heavy atom. The highest BCUT2D eigenvalue weighted by Crippen LogP contribution is 2.19. The van der Waals surface area contributed by atoms with Gasteiger partial charge in [-0.25, -0.2) is 0 Å². The minimum Gasteiger partial charge on any atom is -0.456 e. The first-order valence-electron chi connectivity index (χ1n) is 4.80. The van der Waals surface area contributed by atoms with Crippen LogP contribution < -0.4 is 4.74 Å². The normalized spacial score (nSPS) is 9.44. The van der Waals surface area contributed by atoms with Crippen LogP contribution in [0, 0.1) is 17.8 Å². The van der Waals surface area contributed by atoms with Crippen LogP contribution in [0.25, 0.3) is 0 Å². The van der Waals surface area contributed by atoms with Crippen molar-refractivity contribution in [2.24, 2.45) is 0 Å². The van der Waals surface area contributed by atoms with E-state index >= 15 is 0 Å². The van der Waals surface area contributed by atoms with Crippen molar-refractivity contribution in [3.8, 4) is 17.6 Å². The van der Waals surface area contributed by atoms with Gasteiger partial charge in [-0.2, -0.15) is 5.26 Å². The lowest BCUT2D eigenvalue weighted by atomic mass is 10.3. The molecule has 16 heavy (non-hydrogen) atoms. The largest absolute Gasteiger partial charge is 0.456 e. The van der Waals surface area contributed by atoms with Gasteiger partial charge >= 0.3 is 0 Å². The van der Waals surface area contributed by atoms with E-state index in [2.05, 4.69) is 4.98 Å². The predicted octanol–water partition coefficient (Wildman–Crippen LogP) is 2.95. The van der Waals surface area contributed by atoms with Crippen molar-refractivity contribution >= 4 is 0 Å². The minimum absolute atomic E-state index is 0.628. The van der Waals surface area contributed by atoms with Crippen LogP contribution in [0.3, 0.4) is 0 Å². The number of benzene rings is 1. The van der Waals surface area contributed by atoms with Gasteiger partial charge < -0.3 is 4.74 Å². The molecule has 1 heterocycles. The maximum Gasteiger partial charge on any atom is 0.145 e. The van der Waals surface area contributed by atoms with Crippen LogP contribution in [0.2, 0.25) is 0 Å². The van der Waals surface area contributed by atoms with Gasteiger partial charge in [-0.1, -0.05) is 18.2 Å². The van der Waals surface area contributed by atoms with Gasteiger partial charge in [0.05, 0.1) is 18.0 Å². The fourth-order valence-corrected chi connectivity index (χ4v) is 1.23. The highest BCUT2D eigenvalue weighted by molar-refractivity contribution is 5.31. The zero-order chi connectivity index (χ0) is 11.2. The van der Waals surface area contributed by atoms with Gasteiger partial charge in [-0.15, -0.1) is 0 Å². The molecule has 77 valence electrons. The zero-order valence-corrected chi connectivity index (χ0v) is 8.50. The molecule has 0 aliphatic heterocycles. The first-order valence-corrected chi connectivity index (χ1v) is 4.80. The second kappa shape index (κ2) is 4.94. The van der Waals surface area contributed by atoms with Crippen LogP contribution in [0.5, 0.6) is 11.5 Å². The molecular weight excluding hydrogens is 200 g/mol.